The highest BCUT2D eigenvalue weighted by atomic mass is 14.8. The molecule has 0 amide bonds. The van der Waals surface area contributed by atoms with Gasteiger partial charge in [-0.15, -0.1) is 0 Å². The summed E-state index contributed by atoms with van der Waals surface area (Å²) >= 11 is 0. The Bertz CT molecular complexity index is 443. The van der Waals surface area contributed by atoms with E-state index in [1.807, 2.05) is 19.3 Å². The number of hydrogen-bond acceptors (Lipinski definition) is 2. The Morgan fingerprint density at radius 2 is 2.31 bits per heavy atom. The van der Waals surface area contributed by atoms with Gasteiger partial charge in [0.05, 0.1) is 5.52 Å². The van der Waals surface area contributed by atoms with Crippen LogP contribution in [0.1, 0.15) is 18.1 Å². The first kappa shape index (κ1) is 8.10. The first-order chi connectivity index (χ1) is 6.24. The molecule has 3 nitrogen and oxygen atoms in total. The van der Waals surface area contributed by atoms with Crippen LogP contribution in [0.25, 0.3) is 10.9 Å². The number of fused-ring (bicyclic) bond motifs is 1. The second-order valence-electron chi connectivity index (χ2n) is 3.24. The molecular weight excluding hydrogens is 162 g/mol. The number of pyridine rings is 1. The van der Waals surface area contributed by atoms with Gasteiger partial charge in [-0.05, 0) is 24.5 Å². The molecule has 0 fully saturated rings. The number of aryl methyl sites for hydroxylation is 2. The largest absolute Gasteiger partial charge is 0.383 e. The van der Waals surface area contributed by atoms with Crippen molar-refractivity contribution in [3.63, 3.8) is 0 Å². The normalized spacial score (nSPS) is 10.9. The highest BCUT2D eigenvalue weighted by Gasteiger charge is 2.07. The molecular formula is C10H13N3. The van der Waals surface area contributed by atoms with Crippen LogP contribution in [0.4, 0.5) is 5.82 Å². The lowest BCUT2D eigenvalue weighted by Crippen LogP contribution is -1.94. The quantitative estimate of drug-likeness (QED) is 0.696. The number of aromatic amines is 1. The molecule has 0 saturated carbocycles. The summed E-state index contributed by atoms with van der Waals surface area (Å²) in [6.07, 6.45) is 4.79. The smallest absolute Gasteiger partial charge is 0.133 e. The molecule has 0 aliphatic carbocycles. The van der Waals surface area contributed by atoms with Crippen molar-refractivity contribution in [3.05, 3.63) is 23.5 Å². The van der Waals surface area contributed by atoms with Gasteiger partial charge in [0.2, 0.25) is 0 Å². The zero-order valence-corrected chi connectivity index (χ0v) is 7.89. The molecule has 0 bridgehead atoms. The van der Waals surface area contributed by atoms with Gasteiger partial charge < -0.3 is 10.7 Å². The number of nitrogen functional groups attached to an aromatic ring is 1. The topological polar surface area (TPSA) is 54.7 Å². The summed E-state index contributed by atoms with van der Waals surface area (Å²) in [4.78, 5) is 7.40. The maximum atomic E-state index is 5.79. The maximum Gasteiger partial charge on any atom is 0.133 e. The number of nitrogens with two attached hydrogens (primary N) is 1. The molecule has 2 aromatic heterocycles. The number of nitrogens with one attached hydrogen (secondary N) is 1. The average Bonchev–Trinajstić information content (AvgIpc) is 2.50. The van der Waals surface area contributed by atoms with E-state index in [0.717, 1.165) is 22.9 Å². The fourth-order valence-corrected chi connectivity index (χ4v) is 1.65. The first-order valence-corrected chi connectivity index (χ1v) is 4.45. The lowest BCUT2D eigenvalue weighted by atomic mass is 10.1. The zero-order chi connectivity index (χ0) is 9.42. The molecule has 0 unspecified atom stereocenters. The van der Waals surface area contributed by atoms with Crippen LogP contribution in [0.5, 0.6) is 0 Å². The molecule has 0 aliphatic rings. The highest BCUT2D eigenvalue weighted by Crippen LogP contribution is 2.25. The Hall–Kier alpha value is -1.51. The van der Waals surface area contributed by atoms with Gasteiger partial charge in [0.15, 0.2) is 0 Å². The summed E-state index contributed by atoms with van der Waals surface area (Å²) in [5.74, 6) is 0.617. The van der Waals surface area contributed by atoms with Crippen molar-refractivity contribution in [2.24, 2.45) is 0 Å². The first-order valence-electron chi connectivity index (χ1n) is 4.45. The fourth-order valence-electron chi connectivity index (χ4n) is 1.65. The van der Waals surface area contributed by atoms with Gasteiger partial charge in [-0.3, -0.25) is 0 Å². The second kappa shape index (κ2) is 2.76. The van der Waals surface area contributed by atoms with Crippen molar-refractivity contribution in [2.75, 3.05) is 5.73 Å². The standard InChI is InChI=1S/C10H13N3/c1-3-7-5-13-10(11)8-6(2)4-12-9(7)8/h4-5,12H,3H2,1-2H3,(H2,11,13). The molecule has 0 aromatic carbocycles. The molecule has 3 N–H and O–H groups in total. The summed E-state index contributed by atoms with van der Waals surface area (Å²) in [6, 6.07) is 0. The molecule has 68 valence electrons. The van der Waals surface area contributed by atoms with E-state index in [1.54, 1.807) is 0 Å². The van der Waals surface area contributed by atoms with Gasteiger partial charge in [-0.25, -0.2) is 4.98 Å². The lowest BCUT2D eigenvalue weighted by Gasteiger charge is -2.01. The molecule has 13 heavy (non-hydrogen) atoms. The van der Waals surface area contributed by atoms with Crippen LogP contribution >= 0.6 is 0 Å². The van der Waals surface area contributed by atoms with E-state index >= 15 is 0 Å². The SMILES string of the molecule is CCc1cnc(N)c2c(C)c[nH]c12. The number of hydrogen-bond donors (Lipinski definition) is 2. The number of anilines is 1. The minimum atomic E-state index is 0.617. The van der Waals surface area contributed by atoms with Gasteiger partial charge >= 0.3 is 0 Å². The molecule has 0 spiro atoms. The molecule has 0 saturated heterocycles. The van der Waals surface area contributed by atoms with Crippen molar-refractivity contribution in [2.45, 2.75) is 20.3 Å². The average molecular weight is 175 g/mol. The zero-order valence-electron chi connectivity index (χ0n) is 7.89. The predicted octanol–water partition coefficient (Wildman–Crippen LogP) is 2.02. The summed E-state index contributed by atoms with van der Waals surface area (Å²) < 4.78 is 0. The van der Waals surface area contributed by atoms with Gasteiger partial charge in [-0.1, -0.05) is 6.92 Å². The van der Waals surface area contributed by atoms with E-state index in [0.29, 0.717) is 5.82 Å². The minimum Gasteiger partial charge on any atom is -0.383 e. The van der Waals surface area contributed by atoms with Gasteiger partial charge in [0.1, 0.15) is 5.82 Å². The van der Waals surface area contributed by atoms with Crippen molar-refractivity contribution < 1.29 is 0 Å². The van der Waals surface area contributed by atoms with Crippen LogP contribution in [-0.2, 0) is 6.42 Å². The van der Waals surface area contributed by atoms with Gasteiger partial charge in [0.25, 0.3) is 0 Å². The molecule has 0 atom stereocenters. The van der Waals surface area contributed by atoms with E-state index in [9.17, 15) is 0 Å². The summed E-state index contributed by atoms with van der Waals surface area (Å²) in [6.45, 7) is 4.15. The van der Waals surface area contributed by atoms with E-state index in [2.05, 4.69) is 16.9 Å². The van der Waals surface area contributed by atoms with Crippen molar-refractivity contribution in [3.8, 4) is 0 Å². The summed E-state index contributed by atoms with van der Waals surface area (Å²) in [7, 11) is 0. The van der Waals surface area contributed by atoms with E-state index in [1.165, 1.54) is 5.56 Å². The fraction of sp³-hybridized carbons (Fsp3) is 0.300. The van der Waals surface area contributed by atoms with Gasteiger partial charge in [-0.2, -0.15) is 0 Å². The molecule has 2 rings (SSSR count). The van der Waals surface area contributed by atoms with Crippen molar-refractivity contribution in [1.29, 1.82) is 0 Å². The second-order valence-corrected chi connectivity index (χ2v) is 3.24. The number of nitrogens with zero attached hydrogens (tertiary/aromatic N) is 1. The van der Waals surface area contributed by atoms with E-state index in [-0.39, 0.29) is 0 Å². The van der Waals surface area contributed by atoms with Gasteiger partial charge in [0, 0.05) is 17.8 Å². The molecule has 0 aliphatic heterocycles. The van der Waals surface area contributed by atoms with E-state index in [4.69, 9.17) is 5.73 Å². The molecule has 2 heterocycles. The Balaban J connectivity index is 2.87. The Kier molecular flexibility index (Phi) is 1.72. The molecule has 3 heteroatoms. The van der Waals surface area contributed by atoms with E-state index < -0.39 is 0 Å². The van der Waals surface area contributed by atoms with Crippen LogP contribution < -0.4 is 5.73 Å². The molecule has 2 aromatic rings. The summed E-state index contributed by atoms with van der Waals surface area (Å²) in [5, 5.41) is 1.07. The third-order valence-corrected chi connectivity index (χ3v) is 2.39. The van der Waals surface area contributed by atoms with Crippen molar-refractivity contribution >= 4 is 16.7 Å². The predicted molar refractivity (Wildman–Crippen MR) is 54.6 cm³/mol. The summed E-state index contributed by atoms with van der Waals surface area (Å²) in [5.41, 5.74) is 9.31. The maximum absolute atomic E-state index is 5.79. The highest BCUT2D eigenvalue weighted by molar-refractivity contribution is 5.93. The van der Waals surface area contributed by atoms with Crippen LogP contribution in [-0.4, -0.2) is 9.97 Å². The van der Waals surface area contributed by atoms with Crippen LogP contribution in [0.15, 0.2) is 12.4 Å². The Morgan fingerprint density at radius 3 is 3.00 bits per heavy atom. The molecule has 0 radical (unpaired) electrons. The minimum absolute atomic E-state index is 0.617. The third-order valence-electron chi connectivity index (χ3n) is 2.39. The van der Waals surface area contributed by atoms with Crippen molar-refractivity contribution in [1.82, 2.24) is 9.97 Å². The third kappa shape index (κ3) is 1.08. The number of H-pyrrole nitrogens is 1. The van der Waals surface area contributed by atoms with Crippen LogP contribution in [0.2, 0.25) is 0 Å². The number of aromatic nitrogens is 2. The lowest BCUT2D eigenvalue weighted by molar-refractivity contribution is 1.12. The Morgan fingerprint density at radius 1 is 1.54 bits per heavy atom. The number of rotatable bonds is 1. The monoisotopic (exact) mass is 175 g/mol. The van der Waals surface area contributed by atoms with Crippen LogP contribution in [0.3, 0.4) is 0 Å². The Labute approximate surface area is 77.0 Å². The van der Waals surface area contributed by atoms with Crippen LogP contribution in [0, 0.1) is 6.92 Å².